The van der Waals surface area contributed by atoms with E-state index in [1.807, 2.05) is 6.92 Å². The van der Waals surface area contributed by atoms with E-state index in [9.17, 15) is 19.6 Å². The van der Waals surface area contributed by atoms with Gasteiger partial charge in [0.15, 0.2) is 0 Å². The molecule has 1 aliphatic heterocycles. The molecule has 5 nitrogen and oxygen atoms in total. The molecule has 18 heavy (non-hydrogen) atoms. The highest BCUT2D eigenvalue weighted by Gasteiger charge is 2.42. The normalized spacial score (nSPS) is 17.4. The molecule has 98 valence electrons. The first-order chi connectivity index (χ1) is 8.47. The summed E-state index contributed by atoms with van der Waals surface area (Å²) in [7, 11) is 0. The van der Waals surface area contributed by atoms with Gasteiger partial charge in [-0.1, -0.05) is 19.4 Å². The third-order valence-electron chi connectivity index (χ3n) is 3.17. The second-order valence-electron chi connectivity index (χ2n) is 4.70. The average molecular weight is 254 g/mol. The predicted octanol–water partition coefficient (Wildman–Crippen LogP) is 2.09. The van der Waals surface area contributed by atoms with Gasteiger partial charge in [0, 0.05) is 13.1 Å². The summed E-state index contributed by atoms with van der Waals surface area (Å²) in [4.78, 5) is 11.8. The number of nitrogens with zero attached hydrogens (tertiary/aromatic N) is 2. The molecule has 1 aromatic rings. The van der Waals surface area contributed by atoms with E-state index in [1.54, 1.807) is 4.90 Å². The van der Waals surface area contributed by atoms with Crippen LogP contribution in [0.2, 0.25) is 0 Å². The monoisotopic (exact) mass is 254 g/mol. The van der Waals surface area contributed by atoms with Crippen molar-refractivity contribution in [3.8, 4) is 0 Å². The van der Waals surface area contributed by atoms with Crippen molar-refractivity contribution in [2.45, 2.75) is 25.4 Å². The van der Waals surface area contributed by atoms with Gasteiger partial charge in [0.2, 0.25) is 5.82 Å². The molecule has 1 saturated heterocycles. The SMILES string of the molecule is CCCC1(O)CN(c2cccc(F)c2[N+](=O)[O-])C1. The molecule has 1 aliphatic rings. The summed E-state index contributed by atoms with van der Waals surface area (Å²) in [5.74, 6) is -0.844. The first-order valence-electron chi connectivity index (χ1n) is 5.87. The van der Waals surface area contributed by atoms with Gasteiger partial charge in [-0.3, -0.25) is 10.1 Å². The minimum Gasteiger partial charge on any atom is -0.386 e. The van der Waals surface area contributed by atoms with Gasteiger partial charge >= 0.3 is 5.69 Å². The number of rotatable bonds is 4. The lowest BCUT2D eigenvalue weighted by atomic mass is 9.88. The predicted molar refractivity (Wildman–Crippen MR) is 65.1 cm³/mol. The number of nitro benzene ring substituents is 1. The molecule has 0 aromatic heterocycles. The van der Waals surface area contributed by atoms with Crippen molar-refractivity contribution >= 4 is 11.4 Å². The second-order valence-corrected chi connectivity index (χ2v) is 4.70. The molecular formula is C12H15FN2O3. The number of aliphatic hydroxyl groups is 1. The number of β-amino-alcohol motifs (C(OH)–C–C–N with tert-alkyl or cyclic N) is 1. The molecule has 0 atom stereocenters. The first kappa shape index (κ1) is 12.8. The highest BCUT2D eigenvalue weighted by atomic mass is 19.1. The van der Waals surface area contributed by atoms with Crippen LogP contribution in [0.3, 0.4) is 0 Å². The van der Waals surface area contributed by atoms with E-state index in [0.29, 0.717) is 19.5 Å². The smallest absolute Gasteiger partial charge is 0.327 e. The molecule has 0 radical (unpaired) electrons. The zero-order valence-corrected chi connectivity index (χ0v) is 10.1. The van der Waals surface area contributed by atoms with Crippen LogP contribution in [0, 0.1) is 15.9 Å². The van der Waals surface area contributed by atoms with Gasteiger partial charge in [-0.15, -0.1) is 0 Å². The molecule has 0 bridgehead atoms. The molecule has 1 aromatic carbocycles. The summed E-state index contributed by atoms with van der Waals surface area (Å²) in [6.07, 6.45) is 1.49. The third kappa shape index (κ3) is 2.15. The van der Waals surface area contributed by atoms with Crippen LogP contribution >= 0.6 is 0 Å². The molecule has 0 unspecified atom stereocenters. The molecule has 1 heterocycles. The topological polar surface area (TPSA) is 66.6 Å². The van der Waals surface area contributed by atoms with Crippen molar-refractivity contribution in [3.05, 3.63) is 34.1 Å². The zero-order valence-electron chi connectivity index (χ0n) is 10.1. The molecule has 1 N–H and O–H groups in total. The van der Waals surface area contributed by atoms with Crippen molar-refractivity contribution < 1.29 is 14.4 Å². The molecule has 2 rings (SSSR count). The standard InChI is InChI=1S/C12H15FN2O3/c1-2-6-12(16)7-14(8-12)10-5-3-4-9(13)11(10)15(17)18/h3-5,16H,2,6-8H2,1H3. The van der Waals surface area contributed by atoms with Crippen LogP contribution in [0.4, 0.5) is 15.8 Å². The van der Waals surface area contributed by atoms with E-state index in [0.717, 1.165) is 12.5 Å². The van der Waals surface area contributed by atoms with Crippen LogP contribution in [0.5, 0.6) is 0 Å². The Hall–Kier alpha value is -1.69. The molecule has 1 fully saturated rings. The number of halogens is 1. The number of hydrogen-bond acceptors (Lipinski definition) is 4. The van der Waals surface area contributed by atoms with E-state index in [2.05, 4.69) is 0 Å². The summed E-state index contributed by atoms with van der Waals surface area (Å²) >= 11 is 0. The number of para-hydroxylation sites is 1. The van der Waals surface area contributed by atoms with E-state index < -0.39 is 22.0 Å². The third-order valence-corrected chi connectivity index (χ3v) is 3.17. The summed E-state index contributed by atoms with van der Waals surface area (Å²) < 4.78 is 13.4. The molecule has 0 spiro atoms. The van der Waals surface area contributed by atoms with Gasteiger partial charge in [-0.25, -0.2) is 0 Å². The molecular weight excluding hydrogens is 239 g/mol. The van der Waals surface area contributed by atoms with Gasteiger partial charge in [0.05, 0.1) is 10.5 Å². The van der Waals surface area contributed by atoms with E-state index >= 15 is 0 Å². The zero-order chi connectivity index (χ0) is 13.3. The minimum absolute atomic E-state index is 0.237. The number of nitro groups is 1. The lowest BCUT2D eigenvalue weighted by Crippen LogP contribution is -2.62. The van der Waals surface area contributed by atoms with Crippen LogP contribution in [0.15, 0.2) is 18.2 Å². The minimum atomic E-state index is -0.844. The van der Waals surface area contributed by atoms with Crippen LogP contribution < -0.4 is 4.90 Å². The Bertz CT molecular complexity index is 472. The fraction of sp³-hybridized carbons (Fsp3) is 0.500. The van der Waals surface area contributed by atoms with Crippen molar-refractivity contribution in [2.24, 2.45) is 0 Å². The van der Waals surface area contributed by atoms with Crippen LogP contribution in [0.25, 0.3) is 0 Å². The highest BCUT2D eigenvalue weighted by Crippen LogP contribution is 2.37. The Morgan fingerprint density at radius 3 is 2.78 bits per heavy atom. The molecule has 6 heteroatoms. The van der Waals surface area contributed by atoms with Crippen molar-refractivity contribution in [2.75, 3.05) is 18.0 Å². The highest BCUT2D eigenvalue weighted by molar-refractivity contribution is 5.65. The van der Waals surface area contributed by atoms with E-state index in [-0.39, 0.29) is 5.69 Å². The Kier molecular flexibility index (Phi) is 3.21. The van der Waals surface area contributed by atoms with Crippen LogP contribution in [-0.2, 0) is 0 Å². The van der Waals surface area contributed by atoms with E-state index in [1.165, 1.54) is 12.1 Å². The quantitative estimate of drug-likeness (QED) is 0.660. The Balaban J connectivity index is 2.22. The van der Waals surface area contributed by atoms with Crippen LogP contribution in [-0.4, -0.2) is 28.7 Å². The molecule has 0 amide bonds. The van der Waals surface area contributed by atoms with E-state index in [4.69, 9.17) is 0 Å². The number of hydrogen-bond donors (Lipinski definition) is 1. The van der Waals surface area contributed by atoms with Crippen molar-refractivity contribution in [3.63, 3.8) is 0 Å². The van der Waals surface area contributed by atoms with Crippen molar-refractivity contribution in [1.82, 2.24) is 0 Å². The van der Waals surface area contributed by atoms with Gasteiger partial charge in [-0.05, 0) is 18.6 Å². The second kappa shape index (κ2) is 4.53. The van der Waals surface area contributed by atoms with Gasteiger partial charge in [0.25, 0.3) is 0 Å². The lowest BCUT2D eigenvalue weighted by Gasteiger charge is -2.47. The first-order valence-corrected chi connectivity index (χ1v) is 5.87. The Morgan fingerprint density at radius 2 is 2.22 bits per heavy atom. The molecule has 0 aliphatic carbocycles. The maximum Gasteiger partial charge on any atom is 0.327 e. The lowest BCUT2D eigenvalue weighted by molar-refractivity contribution is -0.386. The fourth-order valence-electron chi connectivity index (χ4n) is 2.40. The molecule has 0 saturated carbocycles. The van der Waals surface area contributed by atoms with Crippen LogP contribution in [0.1, 0.15) is 19.8 Å². The summed E-state index contributed by atoms with van der Waals surface area (Å²) in [5, 5.41) is 20.9. The Morgan fingerprint density at radius 1 is 1.56 bits per heavy atom. The van der Waals surface area contributed by atoms with Gasteiger partial charge in [0.1, 0.15) is 5.69 Å². The van der Waals surface area contributed by atoms with Crippen molar-refractivity contribution in [1.29, 1.82) is 0 Å². The summed E-state index contributed by atoms with van der Waals surface area (Å²) in [6, 6.07) is 4.02. The van der Waals surface area contributed by atoms with Gasteiger partial charge < -0.3 is 10.0 Å². The maximum atomic E-state index is 13.4. The maximum absolute atomic E-state index is 13.4. The van der Waals surface area contributed by atoms with Gasteiger partial charge in [-0.2, -0.15) is 4.39 Å². The fourth-order valence-corrected chi connectivity index (χ4v) is 2.40. The summed E-state index contributed by atoms with van der Waals surface area (Å²) in [6.45, 7) is 2.58. The summed E-state index contributed by atoms with van der Waals surface area (Å²) in [5.41, 5.74) is -1.08. The largest absolute Gasteiger partial charge is 0.386 e. The number of benzene rings is 1. The Labute approximate surface area is 104 Å². The average Bonchev–Trinajstić information content (AvgIpc) is 2.25. The number of anilines is 1.